The van der Waals surface area contributed by atoms with Crippen LogP contribution in [0.4, 0.5) is 0 Å². The molecule has 1 aromatic carbocycles. The van der Waals surface area contributed by atoms with E-state index in [-0.39, 0.29) is 6.04 Å². The van der Waals surface area contributed by atoms with E-state index in [9.17, 15) is 0 Å². The van der Waals surface area contributed by atoms with E-state index in [1.165, 1.54) is 0 Å². The van der Waals surface area contributed by atoms with E-state index in [0.717, 1.165) is 11.3 Å². The molecule has 1 N–H and O–H groups in total. The Balaban J connectivity index is 1.32. The third-order valence-corrected chi connectivity index (χ3v) is 4.20. The number of hydrogen-bond acceptors (Lipinski definition) is 7. The Kier molecular flexibility index (Phi) is 4.53. The summed E-state index contributed by atoms with van der Waals surface area (Å²) in [6.45, 7) is 3.99. The van der Waals surface area contributed by atoms with Gasteiger partial charge >= 0.3 is 0 Å². The van der Waals surface area contributed by atoms with E-state index in [4.69, 9.17) is 9.26 Å². The van der Waals surface area contributed by atoms with Gasteiger partial charge in [0.1, 0.15) is 6.04 Å². The zero-order chi connectivity index (χ0) is 17.1. The van der Waals surface area contributed by atoms with Crippen LogP contribution < -0.4 is 5.32 Å². The summed E-state index contributed by atoms with van der Waals surface area (Å²) in [5, 5.41) is 15.7. The normalized spacial score (nSPS) is 15.9. The van der Waals surface area contributed by atoms with Crippen LogP contribution in [0.15, 0.2) is 41.1 Å². The van der Waals surface area contributed by atoms with Crippen molar-refractivity contribution in [1.29, 1.82) is 0 Å². The van der Waals surface area contributed by atoms with Crippen molar-refractivity contribution in [3.05, 3.63) is 59.5 Å². The number of ether oxygens (including phenoxy) is 1. The number of nitrogens with zero attached hydrogens (tertiary/aromatic N) is 5. The summed E-state index contributed by atoms with van der Waals surface area (Å²) in [5.41, 5.74) is 2.04. The molecular weight excluding hydrogens is 320 g/mol. The number of hydrogen-bond donors (Lipinski definition) is 1. The first kappa shape index (κ1) is 15.9. The summed E-state index contributed by atoms with van der Waals surface area (Å²) < 4.78 is 12.4. The van der Waals surface area contributed by atoms with Gasteiger partial charge in [-0.3, -0.25) is 0 Å². The highest BCUT2D eigenvalue weighted by molar-refractivity contribution is 5.18. The molecule has 1 aliphatic rings. The van der Waals surface area contributed by atoms with Gasteiger partial charge in [-0.2, -0.15) is 4.98 Å². The Labute approximate surface area is 145 Å². The smallest absolute Gasteiger partial charge is 0.243 e. The van der Waals surface area contributed by atoms with Crippen molar-refractivity contribution < 1.29 is 9.26 Å². The predicted octanol–water partition coefficient (Wildman–Crippen LogP) is 1.67. The minimum Gasteiger partial charge on any atom is -0.377 e. The first-order valence-electron chi connectivity index (χ1n) is 8.36. The van der Waals surface area contributed by atoms with Crippen molar-refractivity contribution in [2.75, 3.05) is 13.2 Å². The highest BCUT2D eigenvalue weighted by Crippen LogP contribution is 2.16. The fourth-order valence-electron chi connectivity index (χ4n) is 2.59. The first-order valence-corrected chi connectivity index (χ1v) is 8.36. The fourth-order valence-corrected chi connectivity index (χ4v) is 2.59. The lowest BCUT2D eigenvalue weighted by molar-refractivity contribution is -0.0293. The third-order valence-electron chi connectivity index (χ3n) is 4.20. The fraction of sp³-hybridized carbons (Fsp3) is 0.412. The Morgan fingerprint density at radius 1 is 1.28 bits per heavy atom. The molecule has 3 heterocycles. The summed E-state index contributed by atoms with van der Waals surface area (Å²) >= 11 is 0. The van der Waals surface area contributed by atoms with E-state index >= 15 is 0 Å². The molecule has 1 atom stereocenters. The van der Waals surface area contributed by atoms with Crippen LogP contribution in [0.5, 0.6) is 0 Å². The molecule has 1 aliphatic heterocycles. The second-order valence-corrected chi connectivity index (χ2v) is 6.19. The van der Waals surface area contributed by atoms with Gasteiger partial charge in [-0.1, -0.05) is 40.7 Å². The molecule has 4 rings (SSSR count). The van der Waals surface area contributed by atoms with Crippen LogP contribution in [0.3, 0.4) is 0 Å². The second-order valence-electron chi connectivity index (χ2n) is 6.19. The molecule has 3 aromatic rings. The second kappa shape index (κ2) is 7.12. The predicted molar refractivity (Wildman–Crippen MR) is 88.7 cm³/mol. The van der Waals surface area contributed by atoms with Gasteiger partial charge in [0.25, 0.3) is 0 Å². The summed E-state index contributed by atoms with van der Waals surface area (Å²) in [6, 6.07) is 10.4. The highest BCUT2D eigenvalue weighted by atomic mass is 16.5. The maximum Gasteiger partial charge on any atom is 0.243 e. The average molecular weight is 340 g/mol. The summed E-state index contributed by atoms with van der Waals surface area (Å²) in [4.78, 5) is 4.48. The standard InChI is InChI=1S/C17H20N6O2/c1-12(18-8-14-9-23(22-20-14)15-10-24-11-15)17-19-16(21-25-17)7-13-5-3-2-4-6-13/h2-6,9,12,15,18H,7-8,10-11H2,1H3. The van der Waals surface area contributed by atoms with Crippen molar-refractivity contribution in [3.8, 4) is 0 Å². The largest absolute Gasteiger partial charge is 0.377 e. The summed E-state index contributed by atoms with van der Waals surface area (Å²) in [6.07, 6.45) is 2.61. The highest BCUT2D eigenvalue weighted by Gasteiger charge is 2.22. The molecule has 0 radical (unpaired) electrons. The summed E-state index contributed by atoms with van der Waals surface area (Å²) in [5.74, 6) is 1.26. The molecule has 1 fully saturated rings. The number of aromatic nitrogens is 5. The third kappa shape index (κ3) is 3.75. The molecular formula is C17H20N6O2. The number of rotatable bonds is 7. The lowest BCUT2D eigenvalue weighted by Crippen LogP contribution is -2.31. The molecule has 2 aromatic heterocycles. The van der Waals surface area contributed by atoms with Gasteiger partial charge < -0.3 is 14.6 Å². The Morgan fingerprint density at radius 2 is 2.12 bits per heavy atom. The van der Waals surface area contributed by atoms with Crippen molar-refractivity contribution in [1.82, 2.24) is 30.5 Å². The zero-order valence-corrected chi connectivity index (χ0v) is 14.0. The van der Waals surface area contributed by atoms with Gasteiger partial charge in [0.05, 0.1) is 31.1 Å². The van der Waals surface area contributed by atoms with Crippen molar-refractivity contribution in [2.45, 2.75) is 32.0 Å². The molecule has 0 spiro atoms. The van der Waals surface area contributed by atoms with Crippen LogP contribution >= 0.6 is 0 Å². The first-order chi connectivity index (χ1) is 12.3. The van der Waals surface area contributed by atoms with Crippen LogP contribution in [-0.4, -0.2) is 38.3 Å². The monoisotopic (exact) mass is 340 g/mol. The number of nitrogens with one attached hydrogen (secondary N) is 1. The Morgan fingerprint density at radius 3 is 2.88 bits per heavy atom. The Bertz CT molecular complexity index is 811. The van der Waals surface area contributed by atoms with Crippen LogP contribution in [-0.2, 0) is 17.7 Å². The molecule has 8 heteroatoms. The number of benzene rings is 1. The lowest BCUT2D eigenvalue weighted by atomic mass is 10.1. The van der Waals surface area contributed by atoms with Crippen molar-refractivity contribution >= 4 is 0 Å². The zero-order valence-electron chi connectivity index (χ0n) is 14.0. The van der Waals surface area contributed by atoms with Crippen LogP contribution in [0.25, 0.3) is 0 Å². The quantitative estimate of drug-likeness (QED) is 0.699. The van der Waals surface area contributed by atoms with Crippen molar-refractivity contribution in [2.24, 2.45) is 0 Å². The molecule has 0 saturated carbocycles. The van der Waals surface area contributed by atoms with Gasteiger partial charge in [-0.25, -0.2) is 4.68 Å². The van der Waals surface area contributed by atoms with E-state index < -0.39 is 0 Å². The SMILES string of the molecule is CC(NCc1cn(C2COC2)nn1)c1nc(Cc2ccccc2)no1. The van der Waals surface area contributed by atoms with Crippen molar-refractivity contribution in [3.63, 3.8) is 0 Å². The lowest BCUT2D eigenvalue weighted by Gasteiger charge is -2.25. The maximum atomic E-state index is 5.38. The van der Waals surface area contributed by atoms with Gasteiger partial charge in [0, 0.05) is 13.0 Å². The van der Waals surface area contributed by atoms with Gasteiger partial charge in [-0.15, -0.1) is 5.10 Å². The molecule has 130 valence electrons. The minimum absolute atomic E-state index is 0.0609. The maximum absolute atomic E-state index is 5.38. The molecule has 8 nitrogen and oxygen atoms in total. The molecule has 25 heavy (non-hydrogen) atoms. The topological polar surface area (TPSA) is 90.9 Å². The molecule has 0 amide bonds. The van der Waals surface area contributed by atoms with Gasteiger partial charge in [0.2, 0.25) is 5.89 Å². The van der Waals surface area contributed by atoms with Crippen LogP contribution in [0.1, 0.15) is 42.0 Å². The summed E-state index contributed by atoms with van der Waals surface area (Å²) in [7, 11) is 0. The molecule has 1 unspecified atom stereocenters. The van der Waals surface area contributed by atoms with E-state index in [1.54, 1.807) is 0 Å². The average Bonchev–Trinajstić information content (AvgIpc) is 3.22. The van der Waals surface area contributed by atoms with E-state index in [2.05, 4.69) is 25.8 Å². The van der Waals surface area contributed by atoms with E-state index in [1.807, 2.05) is 48.1 Å². The van der Waals surface area contributed by atoms with Crippen LogP contribution in [0.2, 0.25) is 0 Å². The molecule has 0 aliphatic carbocycles. The molecule has 0 bridgehead atoms. The molecule has 1 saturated heterocycles. The van der Waals surface area contributed by atoms with Gasteiger partial charge in [0.15, 0.2) is 5.82 Å². The minimum atomic E-state index is -0.0609. The van der Waals surface area contributed by atoms with Crippen LogP contribution in [0, 0.1) is 0 Å². The van der Waals surface area contributed by atoms with E-state index in [0.29, 0.717) is 43.9 Å². The Hall–Kier alpha value is -2.58. The van der Waals surface area contributed by atoms with Gasteiger partial charge in [-0.05, 0) is 12.5 Å².